The van der Waals surface area contributed by atoms with Crippen LogP contribution in [-0.2, 0) is 0 Å². The van der Waals surface area contributed by atoms with Gasteiger partial charge < -0.3 is 14.5 Å². The monoisotopic (exact) mass is 443 g/mol. The molecule has 0 saturated carbocycles. The molecule has 0 atom stereocenters. The van der Waals surface area contributed by atoms with E-state index in [1.807, 2.05) is 84.9 Å². The fourth-order valence-electron chi connectivity index (χ4n) is 4.03. The van der Waals surface area contributed by atoms with Crippen LogP contribution in [0.1, 0.15) is 0 Å². The van der Waals surface area contributed by atoms with Crippen LogP contribution >= 0.6 is 0 Å². The first-order valence-corrected chi connectivity index (χ1v) is 10.9. The highest BCUT2D eigenvalue weighted by molar-refractivity contribution is 6.58. The largest absolute Gasteiger partial charge is 0.488 e. The van der Waals surface area contributed by atoms with E-state index in [0.717, 1.165) is 27.5 Å². The molecule has 2 N–H and O–H groups in total. The minimum Gasteiger partial charge on any atom is -0.456 e. The van der Waals surface area contributed by atoms with Crippen LogP contribution in [0.4, 0.5) is 0 Å². The number of hydrogen-bond acceptors (Lipinski definition) is 6. The Balaban J connectivity index is 1.52. The predicted molar refractivity (Wildman–Crippen MR) is 133 cm³/mol. The zero-order valence-electron chi connectivity index (χ0n) is 18.0. The fraction of sp³-hybridized carbons (Fsp3) is 0. The van der Waals surface area contributed by atoms with Crippen LogP contribution in [0.3, 0.4) is 0 Å². The zero-order valence-corrected chi connectivity index (χ0v) is 18.0. The average molecular weight is 443 g/mol. The van der Waals surface area contributed by atoms with Gasteiger partial charge in [0.2, 0.25) is 0 Å². The van der Waals surface area contributed by atoms with Gasteiger partial charge in [-0.05, 0) is 23.7 Å². The highest BCUT2D eigenvalue weighted by Gasteiger charge is 2.16. The van der Waals surface area contributed by atoms with Crippen molar-refractivity contribution in [2.75, 3.05) is 0 Å². The van der Waals surface area contributed by atoms with E-state index in [2.05, 4.69) is 0 Å². The van der Waals surface area contributed by atoms with E-state index in [1.54, 1.807) is 12.1 Å². The Morgan fingerprint density at radius 1 is 0.529 bits per heavy atom. The average Bonchev–Trinajstić information content (AvgIpc) is 3.26. The summed E-state index contributed by atoms with van der Waals surface area (Å²) in [6, 6.07) is 30.6. The van der Waals surface area contributed by atoms with E-state index in [1.165, 1.54) is 0 Å². The molecule has 0 aliphatic rings. The van der Waals surface area contributed by atoms with Gasteiger partial charge >= 0.3 is 7.12 Å². The van der Waals surface area contributed by atoms with Gasteiger partial charge in [0.15, 0.2) is 17.5 Å². The molecular weight excluding hydrogens is 425 g/mol. The van der Waals surface area contributed by atoms with Crippen LogP contribution < -0.4 is 5.46 Å². The van der Waals surface area contributed by atoms with E-state index >= 15 is 0 Å². The molecule has 0 saturated heterocycles. The van der Waals surface area contributed by atoms with Crippen molar-refractivity contribution in [3.63, 3.8) is 0 Å². The molecule has 34 heavy (non-hydrogen) atoms. The molecule has 0 bridgehead atoms. The van der Waals surface area contributed by atoms with Crippen LogP contribution in [0.2, 0.25) is 0 Å². The number of benzene rings is 4. The second-order valence-corrected chi connectivity index (χ2v) is 7.98. The second-order valence-electron chi connectivity index (χ2n) is 7.98. The third kappa shape index (κ3) is 3.63. The van der Waals surface area contributed by atoms with Gasteiger partial charge in [-0.2, -0.15) is 0 Å². The summed E-state index contributed by atoms with van der Waals surface area (Å²) in [5.74, 6) is 1.73. The molecule has 0 radical (unpaired) electrons. The van der Waals surface area contributed by atoms with Gasteiger partial charge in [0.25, 0.3) is 0 Å². The van der Waals surface area contributed by atoms with E-state index in [0.29, 0.717) is 34.1 Å². The summed E-state index contributed by atoms with van der Waals surface area (Å²) in [5, 5.41) is 20.8. The lowest BCUT2D eigenvalue weighted by Crippen LogP contribution is -2.29. The van der Waals surface area contributed by atoms with Crippen LogP contribution in [0.15, 0.2) is 101 Å². The lowest BCUT2D eigenvalue weighted by molar-refractivity contribution is 0.425. The smallest absolute Gasteiger partial charge is 0.456 e. The van der Waals surface area contributed by atoms with E-state index in [4.69, 9.17) is 19.4 Å². The normalized spacial score (nSPS) is 11.2. The zero-order chi connectivity index (χ0) is 23.1. The maximum atomic E-state index is 9.48. The summed E-state index contributed by atoms with van der Waals surface area (Å²) in [4.78, 5) is 14.3. The van der Waals surface area contributed by atoms with Gasteiger partial charge in [0, 0.05) is 27.5 Å². The predicted octanol–water partition coefficient (Wildman–Crippen LogP) is 4.45. The third-order valence-electron chi connectivity index (χ3n) is 5.75. The molecule has 0 aliphatic heterocycles. The van der Waals surface area contributed by atoms with Crippen molar-refractivity contribution in [2.45, 2.75) is 0 Å². The highest BCUT2D eigenvalue weighted by Crippen LogP contribution is 2.32. The third-order valence-corrected chi connectivity index (χ3v) is 5.75. The second kappa shape index (κ2) is 8.22. The van der Waals surface area contributed by atoms with Crippen molar-refractivity contribution < 1.29 is 14.5 Å². The molecule has 0 fully saturated rings. The number of aromatic nitrogens is 3. The number of rotatable bonds is 4. The van der Waals surface area contributed by atoms with Crippen molar-refractivity contribution >= 4 is 34.5 Å². The van der Waals surface area contributed by atoms with Gasteiger partial charge in [-0.15, -0.1) is 0 Å². The molecule has 0 unspecified atom stereocenters. The summed E-state index contributed by atoms with van der Waals surface area (Å²) in [6.07, 6.45) is 0. The van der Waals surface area contributed by atoms with Crippen molar-refractivity contribution in [3.8, 4) is 34.2 Å². The van der Waals surface area contributed by atoms with E-state index < -0.39 is 7.12 Å². The molecule has 6 nitrogen and oxygen atoms in total. The Morgan fingerprint density at radius 3 is 1.59 bits per heavy atom. The maximum absolute atomic E-state index is 9.48. The maximum Gasteiger partial charge on any atom is 0.488 e. The Labute approximate surface area is 195 Å². The fourth-order valence-corrected chi connectivity index (χ4v) is 4.03. The Morgan fingerprint density at radius 2 is 1.03 bits per heavy atom. The number of nitrogens with zero attached hydrogens (tertiary/aromatic N) is 3. The van der Waals surface area contributed by atoms with Gasteiger partial charge in [-0.25, -0.2) is 15.0 Å². The number of hydrogen-bond donors (Lipinski definition) is 2. The highest BCUT2D eigenvalue weighted by atomic mass is 16.4. The molecule has 6 rings (SSSR count). The molecule has 2 heterocycles. The summed E-state index contributed by atoms with van der Waals surface area (Å²) in [5.41, 5.74) is 4.24. The summed E-state index contributed by atoms with van der Waals surface area (Å²) < 4.78 is 6.04. The lowest BCUT2D eigenvalue weighted by Gasteiger charge is -2.08. The van der Waals surface area contributed by atoms with Crippen LogP contribution in [0.25, 0.3) is 56.1 Å². The van der Waals surface area contributed by atoms with Gasteiger partial charge in [0.1, 0.15) is 11.2 Å². The summed E-state index contributed by atoms with van der Waals surface area (Å²) >= 11 is 0. The first-order valence-electron chi connectivity index (χ1n) is 10.9. The van der Waals surface area contributed by atoms with E-state index in [-0.39, 0.29) is 0 Å². The van der Waals surface area contributed by atoms with Crippen molar-refractivity contribution in [2.24, 2.45) is 0 Å². The Kier molecular flexibility index (Phi) is 4.91. The van der Waals surface area contributed by atoms with E-state index in [9.17, 15) is 10.0 Å². The topological polar surface area (TPSA) is 92.3 Å². The van der Waals surface area contributed by atoms with Gasteiger partial charge in [-0.1, -0.05) is 78.9 Å². The molecule has 0 spiro atoms. The lowest BCUT2D eigenvalue weighted by atomic mass is 9.80. The minimum atomic E-state index is -1.55. The number of furan rings is 1. The molecular formula is C27H18BN3O3. The van der Waals surface area contributed by atoms with Crippen LogP contribution in [0.5, 0.6) is 0 Å². The molecule has 0 amide bonds. The number of fused-ring (bicyclic) bond motifs is 3. The quantitative estimate of drug-likeness (QED) is 0.391. The van der Waals surface area contributed by atoms with Crippen molar-refractivity contribution in [3.05, 3.63) is 97.1 Å². The van der Waals surface area contributed by atoms with Crippen molar-refractivity contribution in [1.82, 2.24) is 15.0 Å². The molecule has 0 aliphatic carbocycles. The minimum absolute atomic E-state index is 0.379. The Bertz CT molecular complexity index is 1580. The SMILES string of the molecule is OB(O)c1ccc2c(c1)oc1cc(-c3nc(-c4ccccc4)nc(-c4ccccc4)n3)ccc12. The first kappa shape index (κ1) is 20.3. The molecule has 4 aromatic carbocycles. The Hall–Kier alpha value is -4.33. The van der Waals surface area contributed by atoms with Crippen molar-refractivity contribution in [1.29, 1.82) is 0 Å². The standard InChI is InChI=1S/C27H18BN3O3/c32-28(33)20-12-14-22-21-13-11-19(15-23(21)34-24(22)16-20)27-30-25(17-7-3-1-4-8-17)29-26(31-27)18-9-5-2-6-10-18/h1-16,32-33H. The molecule has 6 aromatic rings. The van der Waals surface area contributed by atoms with Gasteiger partial charge in [-0.3, -0.25) is 0 Å². The van der Waals surface area contributed by atoms with Crippen LogP contribution in [-0.4, -0.2) is 32.1 Å². The molecule has 7 heteroatoms. The van der Waals surface area contributed by atoms with Gasteiger partial charge in [0.05, 0.1) is 0 Å². The molecule has 2 aromatic heterocycles. The summed E-state index contributed by atoms with van der Waals surface area (Å²) in [7, 11) is -1.55. The molecule has 162 valence electrons. The first-order chi connectivity index (χ1) is 16.7. The summed E-state index contributed by atoms with van der Waals surface area (Å²) in [6.45, 7) is 0. The van der Waals surface area contributed by atoms with Crippen LogP contribution in [0, 0.1) is 0 Å².